The molecule has 1 amide bonds. The molecule has 0 unspecified atom stereocenters. The molecule has 1 aliphatic rings. The van der Waals surface area contributed by atoms with Gasteiger partial charge in [0.15, 0.2) is 0 Å². The molecule has 0 bridgehead atoms. The highest BCUT2D eigenvalue weighted by atomic mass is 16.5. The van der Waals surface area contributed by atoms with Crippen molar-refractivity contribution in [1.82, 2.24) is 5.43 Å². The first-order valence-electron chi connectivity index (χ1n) is 9.12. The van der Waals surface area contributed by atoms with Crippen LogP contribution in [-0.2, 0) is 16.0 Å². The fourth-order valence-electron chi connectivity index (χ4n) is 3.13. The summed E-state index contributed by atoms with van der Waals surface area (Å²) in [6.07, 6.45) is 2.06. The van der Waals surface area contributed by atoms with Gasteiger partial charge in [0.25, 0.3) is 5.91 Å². The fraction of sp³-hybridized carbons (Fsp3) is 0.286. The average molecular weight is 380 g/mol. The van der Waals surface area contributed by atoms with E-state index in [9.17, 15) is 14.7 Å². The summed E-state index contributed by atoms with van der Waals surface area (Å²) in [6.45, 7) is 2.39. The van der Waals surface area contributed by atoms with Crippen LogP contribution in [0.4, 0.5) is 5.69 Å². The van der Waals surface area contributed by atoms with Gasteiger partial charge in [-0.1, -0.05) is 18.2 Å². The Morgan fingerprint density at radius 1 is 1.18 bits per heavy atom. The van der Waals surface area contributed by atoms with Gasteiger partial charge in [0.2, 0.25) is 0 Å². The minimum atomic E-state index is -1.28. The molecule has 3 rings (SSSR count). The lowest BCUT2D eigenvalue weighted by Crippen LogP contribution is -2.38. The zero-order valence-corrected chi connectivity index (χ0v) is 15.7. The third-order valence-corrected chi connectivity index (χ3v) is 4.52. The van der Waals surface area contributed by atoms with Gasteiger partial charge in [-0.2, -0.15) is 5.10 Å². The van der Waals surface area contributed by atoms with E-state index in [4.69, 9.17) is 4.74 Å². The lowest BCUT2D eigenvalue weighted by Gasteiger charge is -2.30. The third kappa shape index (κ3) is 5.09. The molecule has 0 aliphatic carbocycles. The topological polar surface area (TPSA) is 94.1 Å². The lowest BCUT2D eigenvalue weighted by atomic mass is 10.0. The molecule has 7 heteroatoms. The molecule has 146 valence electrons. The molecule has 7 nitrogen and oxygen atoms in total. The van der Waals surface area contributed by atoms with Crippen LogP contribution in [0.1, 0.15) is 24.5 Å². The summed E-state index contributed by atoms with van der Waals surface area (Å²) in [5, 5.41) is 14.6. The zero-order chi connectivity index (χ0) is 19.9. The molecular weight excluding hydrogens is 358 g/mol. The lowest BCUT2D eigenvalue weighted by molar-refractivity contribution is -0.307. The number of nitrogens with one attached hydrogen (secondary N) is 1. The number of carbonyl (C=O) groups is 2. The Morgan fingerprint density at radius 3 is 2.68 bits per heavy atom. The number of anilines is 1. The van der Waals surface area contributed by atoms with Crippen LogP contribution in [-0.4, -0.2) is 37.3 Å². The Balaban J connectivity index is 1.56. The first-order chi connectivity index (χ1) is 13.5. The molecule has 0 atom stereocenters. The number of nitrogens with zero attached hydrogens (tertiary/aromatic N) is 2. The number of rotatable bonds is 7. The summed E-state index contributed by atoms with van der Waals surface area (Å²) in [5.74, 6) is -1.03. The van der Waals surface area contributed by atoms with Crippen LogP contribution in [0.25, 0.3) is 0 Å². The van der Waals surface area contributed by atoms with Crippen LogP contribution in [0.3, 0.4) is 0 Å². The first-order valence-corrected chi connectivity index (χ1v) is 9.12. The summed E-state index contributed by atoms with van der Waals surface area (Å²) in [7, 11) is 0. The zero-order valence-electron chi connectivity index (χ0n) is 15.7. The van der Waals surface area contributed by atoms with Crippen molar-refractivity contribution in [2.45, 2.75) is 19.8 Å². The van der Waals surface area contributed by atoms with E-state index in [1.54, 1.807) is 31.2 Å². The van der Waals surface area contributed by atoms with Gasteiger partial charge in [0, 0.05) is 12.2 Å². The second-order valence-electron chi connectivity index (χ2n) is 6.57. The number of hydrogen-bond acceptors (Lipinski definition) is 6. The van der Waals surface area contributed by atoms with Gasteiger partial charge in [0.1, 0.15) is 12.4 Å². The van der Waals surface area contributed by atoms with E-state index in [-0.39, 0.29) is 12.5 Å². The molecule has 0 saturated heterocycles. The minimum Gasteiger partial charge on any atom is -0.546 e. The molecule has 1 heterocycles. The Bertz CT molecular complexity index is 877. The number of aryl methyl sites for hydroxylation is 1. The smallest absolute Gasteiger partial charge is 0.259 e. The number of carboxylic acids is 1. The van der Waals surface area contributed by atoms with Crippen LogP contribution in [0, 0.1) is 0 Å². The van der Waals surface area contributed by atoms with Crippen molar-refractivity contribution in [3.05, 3.63) is 59.7 Å². The second kappa shape index (κ2) is 9.03. The minimum absolute atomic E-state index is 0.176. The molecule has 28 heavy (non-hydrogen) atoms. The maximum absolute atomic E-state index is 12.3. The van der Waals surface area contributed by atoms with Crippen LogP contribution < -0.4 is 20.2 Å². The van der Waals surface area contributed by atoms with Gasteiger partial charge in [-0.05, 0) is 61.2 Å². The molecule has 1 N–H and O–H groups in total. The second-order valence-corrected chi connectivity index (χ2v) is 6.57. The maximum Gasteiger partial charge on any atom is 0.259 e. The molecule has 0 radical (unpaired) electrons. The predicted molar refractivity (Wildman–Crippen MR) is 104 cm³/mol. The van der Waals surface area contributed by atoms with Crippen molar-refractivity contribution >= 4 is 23.3 Å². The normalized spacial score (nSPS) is 13.6. The van der Waals surface area contributed by atoms with E-state index in [1.165, 1.54) is 5.56 Å². The number of aliphatic carboxylic acids is 1. The summed E-state index contributed by atoms with van der Waals surface area (Å²) < 4.78 is 5.04. The summed E-state index contributed by atoms with van der Waals surface area (Å²) in [4.78, 5) is 24.8. The summed E-state index contributed by atoms with van der Waals surface area (Å²) in [5.41, 5.74) is 6.41. The van der Waals surface area contributed by atoms with E-state index in [1.807, 2.05) is 18.2 Å². The molecule has 0 aromatic heterocycles. The molecule has 1 aliphatic heterocycles. The Labute approximate surface area is 163 Å². The maximum atomic E-state index is 12.3. The van der Waals surface area contributed by atoms with Gasteiger partial charge in [-0.3, -0.25) is 4.79 Å². The van der Waals surface area contributed by atoms with Crippen molar-refractivity contribution in [2.75, 3.05) is 24.6 Å². The van der Waals surface area contributed by atoms with Gasteiger partial charge >= 0.3 is 0 Å². The van der Waals surface area contributed by atoms with E-state index >= 15 is 0 Å². The highest BCUT2D eigenvalue weighted by Gasteiger charge is 2.18. The number of carboxylic acid groups (broad SMARTS) is 1. The predicted octanol–water partition coefficient (Wildman–Crippen LogP) is 1.11. The molecular formula is C21H22N3O4-. The Kier molecular flexibility index (Phi) is 6.26. The van der Waals surface area contributed by atoms with Gasteiger partial charge < -0.3 is 19.5 Å². The quantitative estimate of drug-likeness (QED) is 0.574. The SMILES string of the molecule is C/C(=N/NC(=O)CN1CCCc2ccccc21)c1ccc(OCC(=O)[O-])cc1. The van der Waals surface area contributed by atoms with Gasteiger partial charge in [0.05, 0.1) is 18.2 Å². The standard InChI is InChI=1S/C21H23N3O4/c1-15(16-8-10-18(11-9-16)28-14-21(26)27)22-23-20(25)13-24-12-4-6-17-5-2-3-7-19(17)24/h2-3,5,7-11H,4,6,12-14H2,1H3,(H,23,25)(H,26,27)/p-1/b22-15-. The van der Waals surface area contributed by atoms with Gasteiger partial charge in [-0.15, -0.1) is 0 Å². The van der Waals surface area contributed by atoms with E-state index in [0.717, 1.165) is 30.6 Å². The van der Waals surface area contributed by atoms with Crippen molar-refractivity contribution in [1.29, 1.82) is 0 Å². The number of benzene rings is 2. The van der Waals surface area contributed by atoms with Gasteiger partial charge in [-0.25, -0.2) is 5.43 Å². The Morgan fingerprint density at radius 2 is 1.93 bits per heavy atom. The fourth-order valence-corrected chi connectivity index (χ4v) is 3.13. The van der Waals surface area contributed by atoms with Crippen LogP contribution in [0.5, 0.6) is 5.75 Å². The average Bonchev–Trinajstić information content (AvgIpc) is 2.71. The molecule has 2 aromatic rings. The third-order valence-electron chi connectivity index (χ3n) is 4.52. The molecule has 0 fully saturated rings. The monoisotopic (exact) mass is 380 g/mol. The van der Waals surface area contributed by atoms with Crippen LogP contribution >= 0.6 is 0 Å². The first kappa shape index (κ1) is 19.4. The number of fused-ring (bicyclic) bond motifs is 1. The van der Waals surface area contributed by atoms with E-state index < -0.39 is 12.6 Å². The number of ether oxygens (including phenoxy) is 1. The Hall–Kier alpha value is -3.35. The number of hydrazone groups is 1. The summed E-state index contributed by atoms with van der Waals surface area (Å²) in [6, 6.07) is 14.9. The van der Waals surface area contributed by atoms with E-state index in [2.05, 4.69) is 21.5 Å². The van der Waals surface area contributed by atoms with Crippen LogP contribution in [0.2, 0.25) is 0 Å². The number of amides is 1. The van der Waals surface area contributed by atoms with Crippen molar-refractivity contribution in [3.8, 4) is 5.75 Å². The van der Waals surface area contributed by atoms with Crippen molar-refractivity contribution < 1.29 is 19.4 Å². The summed E-state index contributed by atoms with van der Waals surface area (Å²) >= 11 is 0. The largest absolute Gasteiger partial charge is 0.546 e. The highest BCUT2D eigenvalue weighted by Crippen LogP contribution is 2.26. The van der Waals surface area contributed by atoms with Crippen molar-refractivity contribution in [2.24, 2.45) is 5.10 Å². The number of hydrogen-bond donors (Lipinski definition) is 1. The molecule has 2 aromatic carbocycles. The molecule has 0 saturated carbocycles. The van der Waals surface area contributed by atoms with E-state index in [0.29, 0.717) is 11.5 Å². The number of para-hydroxylation sites is 1. The molecule has 0 spiro atoms. The highest BCUT2D eigenvalue weighted by molar-refractivity contribution is 5.99. The van der Waals surface area contributed by atoms with Crippen molar-refractivity contribution in [3.63, 3.8) is 0 Å². The van der Waals surface area contributed by atoms with Crippen LogP contribution in [0.15, 0.2) is 53.6 Å². The number of carbonyl (C=O) groups excluding carboxylic acids is 2.